The van der Waals surface area contributed by atoms with Gasteiger partial charge in [0.05, 0.1) is 28.9 Å². The number of hydrogen-bond donors (Lipinski definition) is 0. The van der Waals surface area contributed by atoms with Gasteiger partial charge in [0.15, 0.2) is 0 Å². The summed E-state index contributed by atoms with van der Waals surface area (Å²) in [5.74, 6) is 0.948. The second-order valence-electron chi connectivity index (χ2n) is 5.89. The van der Waals surface area contributed by atoms with Gasteiger partial charge in [-0.25, -0.2) is 0 Å². The third-order valence-corrected chi connectivity index (χ3v) is 5.37. The zero-order valence-corrected chi connectivity index (χ0v) is 16.4. The summed E-state index contributed by atoms with van der Waals surface area (Å²) in [6.07, 6.45) is 0.523. The fourth-order valence-corrected chi connectivity index (χ4v) is 3.83. The van der Waals surface area contributed by atoms with E-state index in [0.29, 0.717) is 29.0 Å². The number of carbonyl (C=O) groups excluding carboxylic acids is 2. The number of rotatable bonds is 5. The van der Waals surface area contributed by atoms with Crippen molar-refractivity contribution in [2.45, 2.75) is 19.4 Å². The first-order valence-electron chi connectivity index (χ1n) is 7.85. The number of ether oxygens (including phenoxy) is 2. The average molecular weight is 451 g/mol. The number of fused-ring (bicyclic) bond motifs is 1. The Kier molecular flexibility index (Phi) is 4.99. The van der Waals surface area contributed by atoms with Crippen LogP contribution < -0.4 is 9.47 Å². The Morgan fingerprint density at radius 1 is 1.00 bits per heavy atom. The molecule has 6 heteroatoms. The van der Waals surface area contributed by atoms with Gasteiger partial charge in [0.1, 0.15) is 11.5 Å². The average Bonchev–Trinajstić information content (AvgIpc) is 2.87. The molecular weight excluding hydrogens is 433 g/mol. The molecule has 2 aromatic carbocycles. The molecule has 0 fully saturated rings. The molecule has 25 heavy (non-hydrogen) atoms. The quantitative estimate of drug-likeness (QED) is 0.516. The maximum absolute atomic E-state index is 12.6. The van der Waals surface area contributed by atoms with Crippen molar-refractivity contribution in [2.24, 2.45) is 0 Å². The van der Waals surface area contributed by atoms with E-state index in [4.69, 9.17) is 9.47 Å². The van der Waals surface area contributed by atoms with Gasteiger partial charge in [-0.3, -0.25) is 14.5 Å². The Morgan fingerprint density at radius 2 is 1.48 bits per heavy atom. The standard InChI is InChI=1S/C19H18INO4/c1-11(8-12-9-15(24-2)17(20)16(10-12)25-3)21-18(22)13-6-4-5-7-14(13)19(21)23/h4-7,9-11H,8H2,1-3H3. The minimum absolute atomic E-state index is 0.238. The van der Waals surface area contributed by atoms with Gasteiger partial charge in [0.2, 0.25) is 0 Å². The number of hydrogen-bond acceptors (Lipinski definition) is 4. The lowest BCUT2D eigenvalue weighted by molar-refractivity contribution is 0.0597. The van der Waals surface area contributed by atoms with Crippen molar-refractivity contribution in [1.82, 2.24) is 4.90 Å². The summed E-state index contributed by atoms with van der Waals surface area (Å²) in [5, 5.41) is 0. The summed E-state index contributed by atoms with van der Waals surface area (Å²) in [6, 6.07) is 10.5. The first kappa shape index (κ1) is 17.7. The molecule has 0 saturated carbocycles. The lowest BCUT2D eigenvalue weighted by Gasteiger charge is -2.23. The minimum Gasteiger partial charge on any atom is -0.495 e. The number of benzene rings is 2. The molecule has 2 amide bonds. The Hall–Kier alpha value is -2.09. The smallest absolute Gasteiger partial charge is 0.261 e. The Labute approximate surface area is 160 Å². The highest BCUT2D eigenvalue weighted by molar-refractivity contribution is 14.1. The molecule has 5 nitrogen and oxygen atoms in total. The number of amides is 2. The number of nitrogens with zero attached hydrogens (tertiary/aromatic N) is 1. The molecule has 0 aliphatic carbocycles. The van der Waals surface area contributed by atoms with Gasteiger partial charge in [0, 0.05) is 6.04 Å². The van der Waals surface area contributed by atoms with Gasteiger partial charge in [-0.2, -0.15) is 0 Å². The van der Waals surface area contributed by atoms with Crippen molar-refractivity contribution in [1.29, 1.82) is 0 Å². The number of halogens is 1. The monoisotopic (exact) mass is 451 g/mol. The molecule has 1 unspecified atom stereocenters. The fourth-order valence-electron chi connectivity index (χ4n) is 3.08. The maximum Gasteiger partial charge on any atom is 0.261 e. The van der Waals surface area contributed by atoms with Crippen LogP contribution in [0.1, 0.15) is 33.2 Å². The van der Waals surface area contributed by atoms with E-state index < -0.39 is 0 Å². The maximum atomic E-state index is 12.6. The normalized spacial score (nSPS) is 14.5. The van der Waals surface area contributed by atoms with Crippen LogP contribution in [0, 0.1) is 3.57 Å². The zero-order chi connectivity index (χ0) is 18.1. The summed E-state index contributed by atoms with van der Waals surface area (Å²) in [4.78, 5) is 26.5. The van der Waals surface area contributed by atoms with E-state index >= 15 is 0 Å². The van der Waals surface area contributed by atoms with Gasteiger partial charge in [-0.05, 0) is 65.8 Å². The minimum atomic E-state index is -0.276. The third-order valence-electron chi connectivity index (χ3n) is 4.30. The van der Waals surface area contributed by atoms with Crippen LogP contribution in [0.15, 0.2) is 36.4 Å². The lowest BCUT2D eigenvalue weighted by Crippen LogP contribution is -2.39. The van der Waals surface area contributed by atoms with Gasteiger partial charge in [-0.1, -0.05) is 12.1 Å². The molecular formula is C19H18INO4. The molecule has 3 rings (SSSR count). The van der Waals surface area contributed by atoms with Gasteiger partial charge < -0.3 is 9.47 Å². The molecule has 0 N–H and O–H groups in total. The number of methoxy groups -OCH3 is 2. The van der Waals surface area contributed by atoms with Crippen molar-refractivity contribution >= 4 is 34.4 Å². The molecule has 0 radical (unpaired) electrons. The van der Waals surface area contributed by atoms with Gasteiger partial charge in [-0.15, -0.1) is 0 Å². The van der Waals surface area contributed by atoms with Crippen LogP contribution in [-0.4, -0.2) is 37.0 Å². The molecule has 1 atom stereocenters. The van der Waals surface area contributed by atoms with E-state index in [1.165, 1.54) is 4.90 Å². The molecule has 1 aliphatic heterocycles. The van der Waals surface area contributed by atoms with Crippen molar-refractivity contribution in [3.05, 3.63) is 56.7 Å². The van der Waals surface area contributed by atoms with Crippen LogP contribution in [0.3, 0.4) is 0 Å². The topological polar surface area (TPSA) is 55.8 Å². The SMILES string of the molecule is COc1cc(CC(C)N2C(=O)c3ccccc3C2=O)cc(OC)c1I. The Morgan fingerprint density at radius 3 is 1.92 bits per heavy atom. The number of carbonyl (C=O) groups is 2. The molecule has 0 aromatic heterocycles. The summed E-state index contributed by atoms with van der Waals surface area (Å²) in [6.45, 7) is 1.87. The molecule has 2 aromatic rings. The van der Waals surface area contributed by atoms with Gasteiger partial charge in [0.25, 0.3) is 11.8 Å². The second-order valence-corrected chi connectivity index (χ2v) is 6.97. The summed E-state index contributed by atoms with van der Waals surface area (Å²) in [5.41, 5.74) is 1.88. The summed E-state index contributed by atoms with van der Waals surface area (Å²) in [7, 11) is 3.21. The highest BCUT2D eigenvalue weighted by Crippen LogP contribution is 2.33. The predicted molar refractivity (Wildman–Crippen MR) is 102 cm³/mol. The largest absolute Gasteiger partial charge is 0.495 e. The molecule has 0 spiro atoms. The van der Waals surface area contributed by atoms with Crippen molar-refractivity contribution < 1.29 is 19.1 Å². The lowest BCUT2D eigenvalue weighted by atomic mass is 10.1. The Bertz CT molecular complexity index is 789. The Balaban J connectivity index is 1.88. The molecule has 0 bridgehead atoms. The van der Waals surface area contributed by atoms with E-state index in [9.17, 15) is 9.59 Å². The van der Waals surface area contributed by atoms with Crippen LogP contribution in [0.4, 0.5) is 0 Å². The van der Waals surface area contributed by atoms with Crippen molar-refractivity contribution in [3.8, 4) is 11.5 Å². The molecule has 1 heterocycles. The fraction of sp³-hybridized carbons (Fsp3) is 0.263. The van der Waals surface area contributed by atoms with E-state index in [2.05, 4.69) is 22.6 Å². The molecule has 130 valence electrons. The van der Waals surface area contributed by atoms with E-state index in [1.807, 2.05) is 19.1 Å². The zero-order valence-electron chi connectivity index (χ0n) is 14.2. The van der Waals surface area contributed by atoms with Crippen LogP contribution in [-0.2, 0) is 6.42 Å². The summed E-state index contributed by atoms with van der Waals surface area (Å²) >= 11 is 2.17. The molecule has 1 aliphatic rings. The van der Waals surface area contributed by atoms with E-state index in [0.717, 1.165) is 9.13 Å². The van der Waals surface area contributed by atoms with Gasteiger partial charge >= 0.3 is 0 Å². The van der Waals surface area contributed by atoms with Crippen molar-refractivity contribution in [3.63, 3.8) is 0 Å². The second kappa shape index (κ2) is 7.03. The molecule has 0 saturated heterocycles. The first-order valence-corrected chi connectivity index (χ1v) is 8.93. The predicted octanol–water partition coefficient (Wildman–Crippen LogP) is 3.54. The summed E-state index contributed by atoms with van der Waals surface area (Å²) < 4.78 is 11.7. The van der Waals surface area contributed by atoms with Crippen LogP contribution >= 0.6 is 22.6 Å². The third kappa shape index (κ3) is 3.10. The van der Waals surface area contributed by atoms with Crippen LogP contribution in [0.2, 0.25) is 0 Å². The highest BCUT2D eigenvalue weighted by Gasteiger charge is 2.38. The van der Waals surface area contributed by atoms with Crippen molar-refractivity contribution in [2.75, 3.05) is 14.2 Å². The van der Waals surface area contributed by atoms with E-state index in [1.54, 1.807) is 38.5 Å². The van der Waals surface area contributed by atoms with Crippen LogP contribution in [0.5, 0.6) is 11.5 Å². The number of imide groups is 1. The first-order chi connectivity index (χ1) is 12.0. The van der Waals surface area contributed by atoms with Crippen LogP contribution in [0.25, 0.3) is 0 Å². The highest BCUT2D eigenvalue weighted by atomic mass is 127. The van der Waals surface area contributed by atoms with E-state index in [-0.39, 0.29) is 17.9 Å².